The van der Waals surface area contributed by atoms with Crippen LogP contribution < -0.4 is 58.2 Å². The van der Waals surface area contributed by atoms with Crippen LogP contribution in [0.1, 0.15) is 81.6 Å². The van der Waals surface area contributed by atoms with Crippen molar-refractivity contribution >= 4 is 44.1 Å². The molecule has 0 amide bonds. The number of hydrogen-bond donors (Lipinski definition) is 0. The molecule has 0 fully saturated rings. The molecule has 0 aliphatic heterocycles. The minimum atomic E-state index is 0.557. The van der Waals surface area contributed by atoms with Gasteiger partial charge < -0.3 is 47.5 Å². The fourth-order valence-electron chi connectivity index (χ4n) is 6.48. The summed E-state index contributed by atoms with van der Waals surface area (Å²) in [5, 5.41) is 3.59. The monoisotopic (exact) mass is 851 g/mol. The molecule has 0 aromatic heterocycles. The highest BCUT2D eigenvalue weighted by Crippen LogP contribution is 2.38. The molecule has 10 nitrogen and oxygen atoms in total. The Labute approximate surface area is 357 Å². The molecule has 3 rings (SSSR count). The number of nitrogens with zero attached hydrogens (tertiary/aromatic N) is 1. The van der Waals surface area contributed by atoms with Gasteiger partial charge in [0.15, 0.2) is 34.5 Å². The summed E-state index contributed by atoms with van der Waals surface area (Å²) in [5.41, 5.74) is 0. The first-order chi connectivity index (χ1) is 28.4. The zero-order chi connectivity index (χ0) is 42.0. The van der Waals surface area contributed by atoms with Crippen molar-refractivity contribution in [3.8, 4) is 51.7 Å². The minimum absolute atomic E-state index is 0.557. The maximum Gasteiger partial charge on any atom is 0.203 e. The lowest BCUT2D eigenvalue weighted by atomic mass is 10.3. The van der Waals surface area contributed by atoms with Crippen LogP contribution in [0.15, 0.2) is 36.4 Å². The lowest BCUT2D eigenvalue weighted by Crippen LogP contribution is -2.29. The van der Waals surface area contributed by atoms with Crippen LogP contribution >= 0.6 is 0 Å². The predicted octanol–water partition coefficient (Wildman–Crippen LogP) is 7.39. The Morgan fingerprint density at radius 3 is 0.810 bits per heavy atom. The first-order valence-electron chi connectivity index (χ1n) is 21.5. The largest absolute Gasteiger partial charge is 0.490 e. The molecule has 3 aromatic carbocycles. The smallest absolute Gasteiger partial charge is 0.203 e. The second kappa shape index (κ2) is 28.8. The summed E-state index contributed by atoms with van der Waals surface area (Å²) in [6.45, 7) is 26.3. The fraction of sp³-hybridized carbons (Fsp3) is 0.600. The van der Waals surface area contributed by atoms with Crippen LogP contribution in [-0.2, 0) is 0 Å². The first kappa shape index (κ1) is 48.8. The van der Waals surface area contributed by atoms with E-state index in [4.69, 9.17) is 42.6 Å². The zero-order valence-corrected chi connectivity index (χ0v) is 39.8. The van der Waals surface area contributed by atoms with Crippen molar-refractivity contribution in [1.82, 2.24) is 4.90 Å². The molecule has 0 unspecified atom stereocenters. The Morgan fingerprint density at radius 1 is 0.328 bits per heavy atom. The average Bonchev–Trinajstić information content (AvgIpc) is 3.22. The van der Waals surface area contributed by atoms with Gasteiger partial charge in [0.05, 0.1) is 88.0 Å². The molecule has 13 heteroatoms. The van der Waals surface area contributed by atoms with E-state index in [2.05, 4.69) is 23.1 Å². The number of ether oxygens (including phenoxy) is 9. The Kier molecular flexibility index (Phi) is 24.3. The topological polar surface area (TPSA) is 86.3 Å². The molecule has 3 aromatic rings. The SMILES string of the molecule is CCOc1ccc([Si]CCCN(CCC[Si]c2ccc(OCC)c(OCC)c2OCC)CCC[Si]c2ccc(OCC)c(OCC)c2OCC)c(OCC)c1OCC. The van der Waals surface area contributed by atoms with Gasteiger partial charge in [0, 0.05) is 0 Å². The van der Waals surface area contributed by atoms with E-state index in [0.717, 1.165) is 109 Å². The maximum absolute atomic E-state index is 6.16. The van der Waals surface area contributed by atoms with E-state index in [1.807, 2.05) is 80.5 Å². The Hall–Kier alpha value is -3.53. The molecule has 6 radical (unpaired) electrons. The average molecular weight is 852 g/mol. The number of benzene rings is 3. The zero-order valence-electron chi connectivity index (χ0n) is 36.8. The van der Waals surface area contributed by atoms with Crippen LogP contribution in [0.5, 0.6) is 51.7 Å². The van der Waals surface area contributed by atoms with Crippen molar-refractivity contribution in [2.75, 3.05) is 79.1 Å². The molecule has 0 saturated heterocycles. The van der Waals surface area contributed by atoms with E-state index >= 15 is 0 Å². The third kappa shape index (κ3) is 15.3. The van der Waals surface area contributed by atoms with Crippen molar-refractivity contribution < 1.29 is 42.6 Å². The summed E-state index contributed by atoms with van der Waals surface area (Å²) in [5.74, 6) is 6.89. The van der Waals surface area contributed by atoms with Gasteiger partial charge in [-0.3, -0.25) is 0 Å². The molecule has 0 atom stereocenters. The van der Waals surface area contributed by atoms with E-state index in [9.17, 15) is 0 Å². The minimum Gasteiger partial charge on any atom is -0.490 e. The van der Waals surface area contributed by atoms with Crippen LogP contribution in [0, 0.1) is 0 Å². The second-order valence-corrected chi connectivity index (χ2v) is 17.1. The molecule has 0 saturated carbocycles. The van der Waals surface area contributed by atoms with Gasteiger partial charge in [-0.15, -0.1) is 0 Å². The summed E-state index contributed by atoms with van der Waals surface area (Å²) >= 11 is 0. The van der Waals surface area contributed by atoms with Crippen molar-refractivity contribution in [3.05, 3.63) is 36.4 Å². The normalized spacial score (nSPS) is 11.1. The molecular weight excluding hydrogens is 783 g/mol. The van der Waals surface area contributed by atoms with Crippen LogP contribution in [0.4, 0.5) is 0 Å². The number of hydrogen-bond acceptors (Lipinski definition) is 10. The van der Waals surface area contributed by atoms with Crippen LogP contribution in [0.2, 0.25) is 18.1 Å². The summed E-state index contributed by atoms with van der Waals surface area (Å²) in [7, 11) is 1.84. The lowest BCUT2D eigenvalue weighted by Gasteiger charge is -2.23. The molecule has 58 heavy (non-hydrogen) atoms. The van der Waals surface area contributed by atoms with Crippen molar-refractivity contribution in [3.63, 3.8) is 0 Å². The fourth-order valence-corrected chi connectivity index (χ4v) is 9.93. The van der Waals surface area contributed by atoms with Crippen LogP contribution in [-0.4, -0.2) is 113 Å². The van der Waals surface area contributed by atoms with Gasteiger partial charge in [-0.2, -0.15) is 0 Å². The highest BCUT2D eigenvalue weighted by atomic mass is 28.2. The predicted molar refractivity (Wildman–Crippen MR) is 241 cm³/mol. The van der Waals surface area contributed by atoms with Gasteiger partial charge in [0.2, 0.25) is 17.2 Å². The second-order valence-electron chi connectivity index (χ2n) is 12.9. The Morgan fingerprint density at radius 2 is 0.569 bits per heavy atom. The molecule has 0 aliphatic rings. The standard InChI is InChI=1S/C45H69NO9Si3/c1-10-47-34-22-25-37(43(53-16-7)40(34)50-13-4)56-31-19-28-46(29-20-32-57-38-26-23-35(48-11-2)41(51-14-5)44(38)54-17-8)30-21-33-58-39-27-24-36(49-12-3)42(52-15-6)45(39)55-18-9/h22-27H,10-21,28-33H2,1-9H3. The van der Waals surface area contributed by atoms with Gasteiger partial charge in [-0.1, -0.05) is 36.3 Å². The van der Waals surface area contributed by atoms with E-state index in [1.54, 1.807) is 0 Å². The Bertz CT molecular complexity index is 1410. The number of rotatable bonds is 33. The van der Waals surface area contributed by atoms with Gasteiger partial charge >= 0.3 is 0 Å². The third-order valence-electron chi connectivity index (χ3n) is 8.76. The summed E-state index contributed by atoms with van der Waals surface area (Å²) in [6, 6.07) is 15.8. The van der Waals surface area contributed by atoms with Gasteiger partial charge in [0.1, 0.15) is 0 Å². The Balaban J connectivity index is 1.72. The van der Waals surface area contributed by atoms with Gasteiger partial charge in [-0.25, -0.2) is 0 Å². The van der Waals surface area contributed by atoms with E-state index in [0.29, 0.717) is 88.0 Å². The van der Waals surface area contributed by atoms with Gasteiger partial charge in [0.25, 0.3) is 0 Å². The molecule has 0 aliphatic carbocycles. The molecule has 0 heterocycles. The van der Waals surface area contributed by atoms with E-state index in [-0.39, 0.29) is 0 Å². The van der Waals surface area contributed by atoms with E-state index in [1.165, 1.54) is 15.6 Å². The maximum atomic E-state index is 6.16. The van der Waals surface area contributed by atoms with Crippen molar-refractivity contribution in [2.45, 2.75) is 99.7 Å². The summed E-state index contributed by atoms with van der Waals surface area (Å²) in [4.78, 5) is 2.66. The third-order valence-corrected chi connectivity index (χ3v) is 12.9. The van der Waals surface area contributed by atoms with Crippen LogP contribution in [0.25, 0.3) is 0 Å². The molecule has 0 N–H and O–H groups in total. The quantitative estimate of drug-likeness (QED) is 0.0457. The van der Waals surface area contributed by atoms with Crippen molar-refractivity contribution in [1.29, 1.82) is 0 Å². The van der Waals surface area contributed by atoms with Crippen LogP contribution in [0.3, 0.4) is 0 Å². The first-order valence-corrected chi connectivity index (χ1v) is 25.2. The highest BCUT2D eigenvalue weighted by molar-refractivity contribution is 6.55. The molecule has 320 valence electrons. The van der Waals surface area contributed by atoms with E-state index < -0.39 is 0 Å². The molecular formula is C45H69NO9Si3. The van der Waals surface area contributed by atoms with Crippen molar-refractivity contribution in [2.24, 2.45) is 0 Å². The summed E-state index contributed by atoms with van der Waals surface area (Å²) in [6.07, 6.45) is 3.30. The molecule has 0 bridgehead atoms. The summed E-state index contributed by atoms with van der Waals surface area (Å²) < 4.78 is 54.3. The molecule has 0 spiro atoms. The highest BCUT2D eigenvalue weighted by Gasteiger charge is 2.21. The lowest BCUT2D eigenvalue weighted by molar-refractivity contribution is 0.262. The van der Waals surface area contributed by atoms with Gasteiger partial charge in [-0.05, 0) is 135 Å².